The first-order chi connectivity index (χ1) is 9.52. The van der Waals surface area contributed by atoms with Crippen LogP contribution in [0.1, 0.15) is 22.8 Å². The van der Waals surface area contributed by atoms with Gasteiger partial charge in [0, 0.05) is 17.7 Å². The van der Waals surface area contributed by atoms with Crippen LogP contribution in [-0.4, -0.2) is 12.4 Å². The fourth-order valence-corrected chi connectivity index (χ4v) is 1.77. The molecule has 0 N–H and O–H groups in total. The monoisotopic (exact) mass is 280 g/mol. The van der Waals surface area contributed by atoms with Crippen molar-refractivity contribution in [2.75, 3.05) is 6.61 Å². The maximum absolute atomic E-state index is 13.5. The van der Waals surface area contributed by atoms with Gasteiger partial charge in [0.15, 0.2) is 5.78 Å². The lowest BCUT2D eigenvalue weighted by Gasteiger charge is -2.06. The normalized spacial score (nSPS) is 10.4. The van der Waals surface area contributed by atoms with Crippen molar-refractivity contribution in [3.8, 4) is 5.75 Å². The van der Waals surface area contributed by atoms with E-state index in [0.717, 1.165) is 0 Å². The molecule has 0 unspecified atom stereocenters. The smallest absolute Gasteiger partial charge is 0.198 e. The summed E-state index contributed by atoms with van der Waals surface area (Å²) in [5.41, 5.74) is -0.673. The minimum atomic E-state index is -1.22. The van der Waals surface area contributed by atoms with Gasteiger partial charge in [-0.3, -0.25) is 4.79 Å². The standard InChI is InChI=1S/C15H11F3O2/c1-2-20-11-5-3-9(4-6-11)15(19)14-12(17)7-10(16)8-13(14)18/h3-8H,2H2,1H3. The highest BCUT2D eigenvalue weighted by Gasteiger charge is 2.20. The van der Waals surface area contributed by atoms with Crippen LogP contribution < -0.4 is 4.74 Å². The highest BCUT2D eigenvalue weighted by atomic mass is 19.1. The Hall–Kier alpha value is -2.30. The third-order valence-electron chi connectivity index (χ3n) is 2.66. The first-order valence-corrected chi connectivity index (χ1v) is 5.95. The van der Waals surface area contributed by atoms with Gasteiger partial charge in [0.1, 0.15) is 23.2 Å². The molecule has 2 aromatic carbocycles. The third kappa shape index (κ3) is 2.82. The number of carbonyl (C=O) groups is 1. The molecule has 20 heavy (non-hydrogen) atoms. The molecule has 0 heterocycles. The van der Waals surface area contributed by atoms with Gasteiger partial charge in [0.25, 0.3) is 0 Å². The van der Waals surface area contributed by atoms with Crippen LogP contribution in [0.3, 0.4) is 0 Å². The largest absolute Gasteiger partial charge is 0.494 e. The Morgan fingerprint density at radius 3 is 2.10 bits per heavy atom. The Morgan fingerprint density at radius 2 is 1.60 bits per heavy atom. The van der Waals surface area contributed by atoms with Gasteiger partial charge < -0.3 is 4.74 Å². The van der Waals surface area contributed by atoms with Crippen LogP contribution in [0.15, 0.2) is 36.4 Å². The Balaban J connectivity index is 2.36. The average molecular weight is 280 g/mol. The first-order valence-electron chi connectivity index (χ1n) is 5.95. The second kappa shape index (κ2) is 5.77. The van der Waals surface area contributed by atoms with Gasteiger partial charge in [0.05, 0.1) is 12.2 Å². The van der Waals surface area contributed by atoms with Crippen LogP contribution in [0, 0.1) is 17.5 Å². The minimum Gasteiger partial charge on any atom is -0.494 e. The summed E-state index contributed by atoms with van der Waals surface area (Å²) in [5, 5.41) is 0. The van der Waals surface area contributed by atoms with E-state index in [1.54, 1.807) is 0 Å². The fraction of sp³-hybridized carbons (Fsp3) is 0.133. The Morgan fingerprint density at radius 1 is 1.05 bits per heavy atom. The van der Waals surface area contributed by atoms with E-state index >= 15 is 0 Å². The van der Waals surface area contributed by atoms with Crippen LogP contribution in [0.25, 0.3) is 0 Å². The highest BCUT2D eigenvalue weighted by Crippen LogP contribution is 2.20. The van der Waals surface area contributed by atoms with Crippen molar-refractivity contribution in [2.45, 2.75) is 6.92 Å². The van der Waals surface area contributed by atoms with E-state index in [4.69, 9.17) is 4.74 Å². The summed E-state index contributed by atoms with van der Waals surface area (Å²) in [4.78, 5) is 12.0. The quantitative estimate of drug-likeness (QED) is 0.798. The summed E-state index contributed by atoms with van der Waals surface area (Å²) >= 11 is 0. The number of halogens is 3. The average Bonchev–Trinajstić information content (AvgIpc) is 2.38. The van der Waals surface area contributed by atoms with Gasteiger partial charge >= 0.3 is 0 Å². The van der Waals surface area contributed by atoms with Crippen molar-refractivity contribution in [3.05, 3.63) is 65.0 Å². The molecule has 0 aliphatic carbocycles. The van der Waals surface area contributed by atoms with Crippen molar-refractivity contribution in [1.82, 2.24) is 0 Å². The second-order valence-corrected chi connectivity index (χ2v) is 4.03. The molecule has 2 rings (SSSR count). The van der Waals surface area contributed by atoms with Crippen molar-refractivity contribution >= 4 is 5.78 Å². The van der Waals surface area contributed by atoms with E-state index in [9.17, 15) is 18.0 Å². The molecular weight excluding hydrogens is 269 g/mol. The molecule has 0 amide bonds. The zero-order chi connectivity index (χ0) is 14.7. The third-order valence-corrected chi connectivity index (χ3v) is 2.66. The van der Waals surface area contributed by atoms with Gasteiger partial charge in [0.2, 0.25) is 0 Å². The number of hydrogen-bond donors (Lipinski definition) is 0. The molecular formula is C15H11F3O2. The number of carbonyl (C=O) groups excluding carboxylic acids is 1. The lowest BCUT2D eigenvalue weighted by Crippen LogP contribution is -2.08. The van der Waals surface area contributed by atoms with E-state index in [2.05, 4.69) is 0 Å². The van der Waals surface area contributed by atoms with Crippen LogP contribution in [-0.2, 0) is 0 Å². The molecule has 0 fully saturated rings. The highest BCUT2D eigenvalue weighted by molar-refractivity contribution is 6.09. The summed E-state index contributed by atoms with van der Waals surface area (Å²) in [6, 6.07) is 6.80. The zero-order valence-corrected chi connectivity index (χ0v) is 10.6. The van der Waals surface area contributed by atoms with Crippen molar-refractivity contribution in [2.24, 2.45) is 0 Å². The molecule has 5 heteroatoms. The SMILES string of the molecule is CCOc1ccc(C(=O)c2c(F)cc(F)cc2F)cc1. The first kappa shape index (κ1) is 14.1. The van der Waals surface area contributed by atoms with E-state index in [1.807, 2.05) is 6.92 Å². The molecule has 0 bridgehead atoms. The predicted octanol–water partition coefficient (Wildman–Crippen LogP) is 3.73. The Kier molecular flexibility index (Phi) is 4.08. The number of hydrogen-bond acceptors (Lipinski definition) is 2. The molecule has 0 radical (unpaired) electrons. The Labute approximate surface area is 113 Å². The van der Waals surface area contributed by atoms with Gasteiger partial charge in [-0.25, -0.2) is 13.2 Å². The zero-order valence-electron chi connectivity index (χ0n) is 10.6. The maximum Gasteiger partial charge on any atom is 0.198 e. The fourth-order valence-electron chi connectivity index (χ4n) is 1.77. The topological polar surface area (TPSA) is 26.3 Å². The molecule has 0 aromatic heterocycles. The maximum atomic E-state index is 13.5. The van der Waals surface area contributed by atoms with Gasteiger partial charge in [-0.1, -0.05) is 0 Å². The summed E-state index contributed by atoms with van der Waals surface area (Å²) in [5.74, 6) is -3.81. The van der Waals surface area contributed by atoms with Crippen LogP contribution in [0.4, 0.5) is 13.2 Å². The molecule has 0 aliphatic heterocycles. The molecule has 104 valence electrons. The van der Waals surface area contributed by atoms with E-state index in [-0.39, 0.29) is 5.56 Å². The number of ketones is 1. The number of rotatable bonds is 4. The number of ether oxygens (including phenoxy) is 1. The summed E-state index contributed by atoms with van der Waals surface area (Å²) in [6.07, 6.45) is 0. The molecule has 0 saturated heterocycles. The molecule has 2 aromatic rings. The van der Waals surface area contributed by atoms with Gasteiger partial charge in [-0.05, 0) is 31.2 Å². The molecule has 0 spiro atoms. The van der Waals surface area contributed by atoms with E-state index in [0.29, 0.717) is 24.5 Å². The van der Waals surface area contributed by atoms with E-state index < -0.39 is 28.8 Å². The minimum absolute atomic E-state index is 0.0952. The summed E-state index contributed by atoms with van der Waals surface area (Å²) in [7, 11) is 0. The molecule has 2 nitrogen and oxygen atoms in total. The number of benzene rings is 2. The summed E-state index contributed by atoms with van der Waals surface area (Å²) < 4.78 is 45.0. The lowest BCUT2D eigenvalue weighted by atomic mass is 10.0. The molecule has 0 atom stereocenters. The molecule has 0 saturated carbocycles. The second-order valence-electron chi connectivity index (χ2n) is 4.03. The van der Waals surface area contributed by atoms with Crippen LogP contribution in [0.5, 0.6) is 5.75 Å². The lowest BCUT2D eigenvalue weighted by molar-refractivity contribution is 0.103. The van der Waals surface area contributed by atoms with Crippen LogP contribution >= 0.6 is 0 Å². The van der Waals surface area contributed by atoms with Crippen LogP contribution in [0.2, 0.25) is 0 Å². The van der Waals surface area contributed by atoms with Crippen molar-refractivity contribution in [3.63, 3.8) is 0 Å². The summed E-state index contributed by atoms with van der Waals surface area (Å²) in [6.45, 7) is 2.27. The molecule has 0 aliphatic rings. The Bertz CT molecular complexity index is 613. The van der Waals surface area contributed by atoms with Crippen molar-refractivity contribution in [1.29, 1.82) is 0 Å². The van der Waals surface area contributed by atoms with Gasteiger partial charge in [-0.15, -0.1) is 0 Å². The van der Waals surface area contributed by atoms with Gasteiger partial charge in [-0.2, -0.15) is 0 Å². The predicted molar refractivity (Wildman–Crippen MR) is 67.4 cm³/mol. The van der Waals surface area contributed by atoms with Crippen molar-refractivity contribution < 1.29 is 22.7 Å². The van der Waals surface area contributed by atoms with E-state index in [1.165, 1.54) is 24.3 Å².